The summed E-state index contributed by atoms with van der Waals surface area (Å²) in [5.41, 5.74) is 10.00. The number of rotatable bonds is 3. The topological polar surface area (TPSA) is 62.4 Å². The molecule has 0 aliphatic carbocycles. The number of hydrogen-bond acceptors (Lipinski definition) is 4. The molecule has 2 aliphatic heterocycles. The van der Waals surface area contributed by atoms with Crippen molar-refractivity contribution < 1.29 is 9.53 Å². The van der Waals surface area contributed by atoms with Crippen LogP contribution >= 0.6 is 0 Å². The van der Waals surface area contributed by atoms with Crippen molar-refractivity contribution in [3.8, 4) is 5.75 Å². The minimum absolute atomic E-state index is 0.0257. The Morgan fingerprint density at radius 1 is 0.833 bits per heavy atom. The maximum Gasteiger partial charge on any atom is 0.239 e. The van der Waals surface area contributed by atoms with E-state index in [-0.39, 0.29) is 30.0 Å². The molecule has 4 atom stereocenters. The first-order chi connectivity index (χ1) is 11.7. The zero-order valence-electron chi connectivity index (χ0n) is 13.7. The van der Waals surface area contributed by atoms with Crippen LogP contribution < -0.4 is 20.9 Å². The first kappa shape index (κ1) is 15.2. The summed E-state index contributed by atoms with van der Waals surface area (Å²) in [7, 11) is 1.65. The summed E-state index contributed by atoms with van der Waals surface area (Å²) >= 11 is 0. The van der Waals surface area contributed by atoms with Crippen molar-refractivity contribution >= 4 is 5.91 Å². The molecule has 2 heterocycles. The highest BCUT2D eigenvalue weighted by atomic mass is 16.5. The standard InChI is InChI=1S/C19H21N3O2/c1-11-3-5-13(6-4-11)17-15-16(20-19(23)18(15)22-21-17)12-7-9-14(24-2)10-8-12/h3-10,15-18,21-22H,1-2H3,(H,20,23). The summed E-state index contributed by atoms with van der Waals surface area (Å²) in [5.74, 6) is 0.980. The number of aryl methyl sites for hydroxylation is 1. The van der Waals surface area contributed by atoms with E-state index < -0.39 is 0 Å². The monoisotopic (exact) mass is 323 g/mol. The van der Waals surface area contributed by atoms with Gasteiger partial charge in [-0.2, -0.15) is 0 Å². The van der Waals surface area contributed by atoms with Gasteiger partial charge in [0.1, 0.15) is 11.8 Å². The Bertz CT molecular complexity index is 742. The van der Waals surface area contributed by atoms with Crippen molar-refractivity contribution in [2.75, 3.05) is 7.11 Å². The summed E-state index contributed by atoms with van der Waals surface area (Å²) < 4.78 is 5.23. The van der Waals surface area contributed by atoms with Crippen LogP contribution in [-0.2, 0) is 4.79 Å². The maximum atomic E-state index is 12.4. The second-order valence-electron chi connectivity index (χ2n) is 6.49. The minimum atomic E-state index is -0.219. The lowest BCUT2D eigenvalue weighted by atomic mass is 9.83. The third kappa shape index (κ3) is 2.46. The largest absolute Gasteiger partial charge is 0.497 e. The minimum Gasteiger partial charge on any atom is -0.497 e. The van der Waals surface area contributed by atoms with Gasteiger partial charge in [-0.1, -0.05) is 42.0 Å². The van der Waals surface area contributed by atoms with E-state index >= 15 is 0 Å². The normalized spacial score (nSPS) is 28.5. The van der Waals surface area contributed by atoms with Crippen LogP contribution in [0, 0.1) is 12.8 Å². The van der Waals surface area contributed by atoms with Crippen molar-refractivity contribution in [1.82, 2.24) is 16.2 Å². The van der Waals surface area contributed by atoms with Crippen molar-refractivity contribution in [3.63, 3.8) is 0 Å². The maximum absolute atomic E-state index is 12.4. The third-order valence-electron chi connectivity index (χ3n) is 5.04. The highest BCUT2D eigenvalue weighted by Crippen LogP contribution is 2.42. The third-order valence-corrected chi connectivity index (χ3v) is 5.04. The number of carbonyl (C=O) groups is 1. The number of hydrogen-bond donors (Lipinski definition) is 3. The smallest absolute Gasteiger partial charge is 0.239 e. The summed E-state index contributed by atoms with van der Waals surface area (Å²) in [6, 6.07) is 16.2. The van der Waals surface area contributed by atoms with Gasteiger partial charge in [0.15, 0.2) is 0 Å². The summed E-state index contributed by atoms with van der Waals surface area (Å²) in [6.07, 6.45) is 0. The number of ether oxygens (including phenoxy) is 1. The van der Waals surface area contributed by atoms with E-state index in [0.717, 1.165) is 11.3 Å². The lowest BCUT2D eigenvalue weighted by Gasteiger charge is -2.24. The molecule has 0 aromatic heterocycles. The number of benzene rings is 2. The molecule has 0 radical (unpaired) electrons. The molecule has 0 bridgehead atoms. The van der Waals surface area contributed by atoms with Crippen LogP contribution in [0.2, 0.25) is 0 Å². The number of amides is 1. The van der Waals surface area contributed by atoms with E-state index in [1.165, 1.54) is 11.1 Å². The van der Waals surface area contributed by atoms with E-state index in [4.69, 9.17) is 4.74 Å². The molecule has 5 heteroatoms. The molecule has 2 aliphatic rings. The Hall–Kier alpha value is -2.37. The van der Waals surface area contributed by atoms with Crippen molar-refractivity contribution in [2.45, 2.75) is 25.0 Å². The molecule has 3 N–H and O–H groups in total. The number of carbonyl (C=O) groups excluding carboxylic acids is 1. The summed E-state index contributed by atoms with van der Waals surface area (Å²) in [6.45, 7) is 2.08. The van der Waals surface area contributed by atoms with Crippen LogP contribution in [0.4, 0.5) is 0 Å². The quantitative estimate of drug-likeness (QED) is 0.809. The van der Waals surface area contributed by atoms with E-state index in [1.807, 2.05) is 24.3 Å². The van der Waals surface area contributed by atoms with Gasteiger partial charge in [0.25, 0.3) is 0 Å². The van der Waals surface area contributed by atoms with Crippen LogP contribution in [0.25, 0.3) is 0 Å². The van der Waals surface area contributed by atoms with Gasteiger partial charge in [-0.25, -0.2) is 10.9 Å². The van der Waals surface area contributed by atoms with Crippen molar-refractivity contribution in [3.05, 3.63) is 65.2 Å². The van der Waals surface area contributed by atoms with Crippen LogP contribution in [-0.4, -0.2) is 19.1 Å². The number of nitrogens with one attached hydrogen (secondary N) is 3. The van der Waals surface area contributed by atoms with Crippen molar-refractivity contribution in [2.24, 2.45) is 5.92 Å². The zero-order chi connectivity index (χ0) is 16.7. The molecule has 5 nitrogen and oxygen atoms in total. The Labute approximate surface area is 141 Å². The van der Waals surface area contributed by atoms with E-state index in [9.17, 15) is 4.79 Å². The van der Waals surface area contributed by atoms with E-state index in [1.54, 1.807) is 7.11 Å². The molecular formula is C19H21N3O2. The zero-order valence-corrected chi connectivity index (χ0v) is 13.7. The molecule has 0 saturated carbocycles. The molecule has 124 valence electrons. The summed E-state index contributed by atoms with van der Waals surface area (Å²) in [4.78, 5) is 12.4. The fourth-order valence-electron chi connectivity index (χ4n) is 3.73. The molecule has 4 rings (SSSR count). The van der Waals surface area contributed by atoms with Gasteiger partial charge in [0, 0.05) is 5.92 Å². The molecule has 2 fully saturated rings. The number of fused-ring (bicyclic) bond motifs is 1. The molecule has 0 spiro atoms. The average Bonchev–Trinajstić information content (AvgIpc) is 3.18. The molecule has 4 unspecified atom stereocenters. The van der Waals surface area contributed by atoms with Gasteiger partial charge < -0.3 is 10.1 Å². The fraction of sp³-hybridized carbons (Fsp3) is 0.316. The predicted octanol–water partition coefficient (Wildman–Crippen LogP) is 2.01. The molecule has 1 amide bonds. The Kier molecular flexibility index (Phi) is 3.75. The summed E-state index contributed by atoms with van der Waals surface area (Å²) in [5, 5.41) is 3.14. The second-order valence-corrected chi connectivity index (χ2v) is 6.49. The SMILES string of the molecule is COc1ccc(C2NC(=O)C3NNC(c4ccc(C)cc4)C32)cc1. The Balaban J connectivity index is 1.67. The second kappa shape index (κ2) is 5.92. The van der Waals surface area contributed by atoms with Gasteiger partial charge >= 0.3 is 0 Å². The van der Waals surface area contributed by atoms with Gasteiger partial charge in [-0.3, -0.25) is 4.79 Å². The van der Waals surface area contributed by atoms with Crippen LogP contribution in [0.15, 0.2) is 48.5 Å². The predicted molar refractivity (Wildman–Crippen MR) is 91.3 cm³/mol. The molecule has 2 saturated heterocycles. The first-order valence-electron chi connectivity index (χ1n) is 8.19. The molecule has 2 aromatic carbocycles. The molecular weight excluding hydrogens is 302 g/mol. The number of methoxy groups -OCH3 is 1. The van der Waals surface area contributed by atoms with Crippen LogP contribution in [0.5, 0.6) is 5.75 Å². The van der Waals surface area contributed by atoms with Gasteiger partial charge in [-0.15, -0.1) is 0 Å². The fourth-order valence-corrected chi connectivity index (χ4v) is 3.73. The lowest BCUT2D eigenvalue weighted by Crippen LogP contribution is -2.39. The van der Waals surface area contributed by atoms with Gasteiger partial charge in [0.05, 0.1) is 19.2 Å². The van der Waals surface area contributed by atoms with Gasteiger partial charge in [-0.05, 0) is 30.2 Å². The average molecular weight is 323 g/mol. The van der Waals surface area contributed by atoms with E-state index in [0.29, 0.717) is 0 Å². The highest BCUT2D eigenvalue weighted by molar-refractivity contribution is 5.86. The Morgan fingerprint density at radius 3 is 2.08 bits per heavy atom. The molecule has 2 aromatic rings. The van der Waals surface area contributed by atoms with E-state index in [2.05, 4.69) is 47.4 Å². The van der Waals surface area contributed by atoms with Crippen LogP contribution in [0.1, 0.15) is 28.8 Å². The number of hydrazine groups is 1. The van der Waals surface area contributed by atoms with Gasteiger partial charge in [0.2, 0.25) is 5.91 Å². The van der Waals surface area contributed by atoms with Crippen LogP contribution in [0.3, 0.4) is 0 Å². The Morgan fingerprint density at radius 2 is 1.42 bits per heavy atom. The first-order valence-corrected chi connectivity index (χ1v) is 8.19. The highest BCUT2D eigenvalue weighted by Gasteiger charge is 2.51. The lowest BCUT2D eigenvalue weighted by molar-refractivity contribution is -0.121. The van der Waals surface area contributed by atoms with Crippen molar-refractivity contribution in [1.29, 1.82) is 0 Å². The molecule has 24 heavy (non-hydrogen) atoms.